The van der Waals surface area contributed by atoms with Gasteiger partial charge in [-0.15, -0.1) is 0 Å². The molecule has 1 saturated heterocycles. The van der Waals surface area contributed by atoms with Crippen LogP contribution in [0.5, 0.6) is 0 Å². The smallest absolute Gasteiger partial charge is 0.211 e. The highest BCUT2D eigenvalue weighted by Gasteiger charge is 2.24. The first-order valence-electron chi connectivity index (χ1n) is 3.21. The van der Waals surface area contributed by atoms with Crippen LogP contribution in [0.1, 0.15) is 0 Å². The summed E-state index contributed by atoms with van der Waals surface area (Å²) in [5.41, 5.74) is 0. The molecule has 1 aliphatic heterocycles. The Bertz CT molecular complexity index is 228. The number of halogens is 1. The third kappa shape index (κ3) is 2.85. The maximum absolute atomic E-state index is 11.0. The van der Waals surface area contributed by atoms with E-state index in [1.54, 1.807) is 0 Å². The average Bonchev–Trinajstić information content (AvgIpc) is 1.86. The normalized spacial score (nSPS) is 28.7. The number of hydrogen-bond donors (Lipinski definition) is 0. The molecule has 0 saturated carbocycles. The third-order valence-electron chi connectivity index (χ3n) is 1.46. The number of ether oxygens (including phenoxy) is 1. The summed E-state index contributed by atoms with van der Waals surface area (Å²) in [4.78, 5) is 0. The van der Waals surface area contributed by atoms with Crippen molar-refractivity contribution in [3.05, 3.63) is 0 Å². The number of rotatable bonds is 1. The molecule has 1 fully saturated rings. The van der Waals surface area contributed by atoms with Gasteiger partial charge in [0.15, 0.2) is 0 Å². The molecule has 0 bridgehead atoms. The molecule has 4 nitrogen and oxygen atoms in total. The highest BCUT2D eigenvalue weighted by molar-refractivity contribution is 14.1. The SMILES string of the molecule is CS(=O)(=O)N1CCOC(I)C1. The zero-order valence-electron chi connectivity index (χ0n) is 6.16. The van der Waals surface area contributed by atoms with Gasteiger partial charge in [-0.1, -0.05) is 0 Å². The fraction of sp³-hybridized carbons (Fsp3) is 1.00. The van der Waals surface area contributed by atoms with Crippen LogP contribution in [0.2, 0.25) is 0 Å². The molecular weight excluding hydrogens is 281 g/mol. The van der Waals surface area contributed by atoms with Crippen molar-refractivity contribution in [2.45, 2.75) is 4.11 Å². The Kier molecular flexibility index (Phi) is 3.12. The van der Waals surface area contributed by atoms with E-state index in [0.717, 1.165) is 0 Å². The maximum Gasteiger partial charge on any atom is 0.211 e. The highest BCUT2D eigenvalue weighted by atomic mass is 127. The van der Waals surface area contributed by atoms with Gasteiger partial charge < -0.3 is 4.74 Å². The molecule has 0 aromatic carbocycles. The summed E-state index contributed by atoms with van der Waals surface area (Å²) in [7, 11) is -3.01. The number of nitrogens with zero attached hydrogens (tertiary/aromatic N) is 1. The minimum atomic E-state index is -3.01. The van der Waals surface area contributed by atoms with Crippen LogP contribution in [-0.4, -0.2) is 42.8 Å². The van der Waals surface area contributed by atoms with Gasteiger partial charge in [0.2, 0.25) is 10.0 Å². The Hall–Kier alpha value is 0.600. The van der Waals surface area contributed by atoms with Gasteiger partial charge >= 0.3 is 0 Å². The highest BCUT2D eigenvalue weighted by Crippen LogP contribution is 2.13. The second kappa shape index (κ2) is 3.55. The Labute approximate surface area is 80.1 Å². The summed E-state index contributed by atoms with van der Waals surface area (Å²) in [6.45, 7) is 1.46. The molecule has 0 N–H and O–H groups in total. The molecule has 0 aliphatic carbocycles. The molecule has 1 unspecified atom stereocenters. The van der Waals surface area contributed by atoms with Crippen LogP contribution < -0.4 is 0 Å². The zero-order valence-corrected chi connectivity index (χ0v) is 9.13. The van der Waals surface area contributed by atoms with Gasteiger partial charge in [-0.2, -0.15) is 4.31 Å². The van der Waals surface area contributed by atoms with Gasteiger partial charge in [0.1, 0.15) is 4.11 Å². The molecule has 66 valence electrons. The largest absolute Gasteiger partial charge is 0.365 e. The predicted octanol–water partition coefficient (Wildman–Crippen LogP) is 0.0393. The van der Waals surface area contributed by atoms with Crippen molar-refractivity contribution in [2.24, 2.45) is 0 Å². The van der Waals surface area contributed by atoms with Crippen LogP contribution in [0.15, 0.2) is 0 Å². The second-order valence-corrected chi connectivity index (χ2v) is 5.77. The number of morpholine rings is 1. The minimum Gasteiger partial charge on any atom is -0.365 e. The molecule has 1 atom stereocenters. The van der Waals surface area contributed by atoms with Crippen molar-refractivity contribution >= 4 is 32.6 Å². The molecular formula is C5H10INO3S. The first-order chi connectivity index (χ1) is 5.00. The van der Waals surface area contributed by atoms with E-state index in [2.05, 4.69) is 22.6 Å². The van der Waals surface area contributed by atoms with E-state index in [-0.39, 0.29) is 4.11 Å². The van der Waals surface area contributed by atoms with Crippen molar-refractivity contribution in [1.82, 2.24) is 4.31 Å². The fourth-order valence-electron chi connectivity index (χ4n) is 0.888. The molecule has 11 heavy (non-hydrogen) atoms. The standard InChI is InChI=1S/C5H10INO3S/c1-11(8,9)7-2-3-10-5(6)4-7/h5H,2-4H2,1H3. The van der Waals surface area contributed by atoms with Crippen LogP contribution in [-0.2, 0) is 14.8 Å². The summed E-state index contributed by atoms with van der Waals surface area (Å²) in [5, 5.41) is 0. The minimum absolute atomic E-state index is 0.00363. The van der Waals surface area contributed by atoms with E-state index < -0.39 is 10.0 Å². The van der Waals surface area contributed by atoms with Gasteiger partial charge in [-0.05, 0) is 22.6 Å². The van der Waals surface area contributed by atoms with Gasteiger partial charge in [-0.3, -0.25) is 0 Å². The molecule has 0 aromatic rings. The number of alkyl halides is 1. The lowest BCUT2D eigenvalue weighted by Gasteiger charge is -2.27. The van der Waals surface area contributed by atoms with E-state index in [1.165, 1.54) is 10.6 Å². The van der Waals surface area contributed by atoms with Gasteiger partial charge in [-0.25, -0.2) is 8.42 Å². The van der Waals surface area contributed by atoms with Crippen LogP contribution in [0.25, 0.3) is 0 Å². The van der Waals surface area contributed by atoms with Gasteiger partial charge in [0.05, 0.1) is 12.9 Å². The first-order valence-corrected chi connectivity index (χ1v) is 6.30. The Balaban J connectivity index is 2.60. The summed E-state index contributed by atoms with van der Waals surface area (Å²) < 4.78 is 28.6. The fourth-order valence-corrected chi connectivity index (χ4v) is 2.70. The summed E-state index contributed by atoms with van der Waals surface area (Å²) in [6, 6.07) is 0. The van der Waals surface area contributed by atoms with Crippen LogP contribution in [0.3, 0.4) is 0 Å². The van der Waals surface area contributed by atoms with E-state index in [1.807, 2.05) is 0 Å². The summed E-state index contributed by atoms with van der Waals surface area (Å²) in [6.07, 6.45) is 1.22. The molecule has 0 spiro atoms. The molecule has 6 heteroatoms. The predicted molar refractivity (Wildman–Crippen MR) is 50.2 cm³/mol. The summed E-state index contributed by atoms with van der Waals surface area (Å²) >= 11 is 2.08. The van der Waals surface area contributed by atoms with Crippen molar-refractivity contribution in [1.29, 1.82) is 0 Å². The average molecular weight is 291 g/mol. The molecule has 1 rings (SSSR count). The number of sulfonamides is 1. The van der Waals surface area contributed by atoms with Crippen molar-refractivity contribution in [2.75, 3.05) is 26.0 Å². The zero-order chi connectivity index (χ0) is 8.48. The van der Waals surface area contributed by atoms with Crippen LogP contribution in [0, 0.1) is 0 Å². The third-order valence-corrected chi connectivity index (χ3v) is 3.48. The van der Waals surface area contributed by atoms with Crippen LogP contribution in [0.4, 0.5) is 0 Å². The molecule has 0 aromatic heterocycles. The van der Waals surface area contributed by atoms with E-state index in [9.17, 15) is 8.42 Å². The van der Waals surface area contributed by atoms with E-state index in [4.69, 9.17) is 4.74 Å². The maximum atomic E-state index is 11.0. The second-order valence-electron chi connectivity index (χ2n) is 2.40. The monoisotopic (exact) mass is 291 g/mol. The molecule has 0 amide bonds. The summed E-state index contributed by atoms with van der Waals surface area (Å²) in [5.74, 6) is 0. The van der Waals surface area contributed by atoms with Crippen molar-refractivity contribution in [3.8, 4) is 0 Å². The first kappa shape index (κ1) is 9.69. The lowest BCUT2D eigenvalue weighted by Crippen LogP contribution is -2.42. The lowest BCUT2D eigenvalue weighted by atomic mass is 10.5. The van der Waals surface area contributed by atoms with Crippen molar-refractivity contribution in [3.63, 3.8) is 0 Å². The quantitative estimate of drug-likeness (QED) is 0.506. The Morgan fingerprint density at radius 3 is 2.64 bits per heavy atom. The Morgan fingerprint density at radius 1 is 1.64 bits per heavy atom. The van der Waals surface area contributed by atoms with E-state index >= 15 is 0 Å². The topological polar surface area (TPSA) is 46.6 Å². The van der Waals surface area contributed by atoms with Crippen molar-refractivity contribution < 1.29 is 13.2 Å². The number of hydrogen-bond acceptors (Lipinski definition) is 3. The van der Waals surface area contributed by atoms with Gasteiger partial charge in [0.25, 0.3) is 0 Å². The van der Waals surface area contributed by atoms with E-state index in [0.29, 0.717) is 19.7 Å². The molecule has 1 heterocycles. The molecule has 1 aliphatic rings. The molecule has 0 radical (unpaired) electrons. The Morgan fingerprint density at radius 2 is 2.27 bits per heavy atom. The van der Waals surface area contributed by atoms with Gasteiger partial charge in [0, 0.05) is 13.1 Å². The lowest BCUT2D eigenvalue weighted by molar-refractivity contribution is 0.0609. The van der Waals surface area contributed by atoms with Crippen LogP contribution >= 0.6 is 22.6 Å².